The highest BCUT2D eigenvalue weighted by Gasteiger charge is 2.26. The molecule has 0 heterocycles. The number of ketones is 1. The number of halogens is 3. The smallest absolute Gasteiger partial charge is 0.302 e. The lowest BCUT2D eigenvalue weighted by Crippen LogP contribution is -2.33. The number of hydrogen-bond acceptors (Lipinski definition) is 2. The summed E-state index contributed by atoms with van der Waals surface area (Å²) in [7, 11) is 0. The van der Waals surface area contributed by atoms with Crippen LogP contribution in [0.4, 0.5) is 13.2 Å². The summed E-state index contributed by atoms with van der Waals surface area (Å²) in [5.74, 6) is 0.187. The van der Waals surface area contributed by atoms with Crippen LogP contribution >= 0.6 is 0 Å². The molecule has 17 heavy (non-hydrogen) atoms. The van der Waals surface area contributed by atoms with E-state index in [1.165, 1.54) is 0 Å². The number of unbranched alkanes of at least 4 members (excludes halogenated alkanes) is 1. The summed E-state index contributed by atoms with van der Waals surface area (Å²) in [4.78, 5) is 11.4. The predicted octanol–water partition coefficient (Wildman–Crippen LogP) is 3.31. The first-order chi connectivity index (χ1) is 7.89. The number of carbonyl (C=O) groups is 1. The number of nitrogens with one attached hydrogen (secondary N) is 1. The van der Waals surface area contributed by atoms with E-state index in [2.05, 4.69) is 12.2 Å². The maximum Gasteiger partial charge on any atom is 0.401 e. The zero-order valence-corrected chi connectivity index (χ0v) is 10.6. The Kier molecular flexibility index (Phi) is 8.21. The largest absolute Gasteiger partial charge is 0.401 e. The number of rotatable bonds is 9. The molecule has 1 atom stereocenters. The molecule has 0 aliphatic carbocycles. The molecule has 0 aromatic heterocycles. The van der Waals surface area contributed by atoms with Crippen LogP contribution in [0.1, 0.15) is 46.0 Å². The molecule has 0 amide bonds. The molecule has 1 N–H and O–H groups in total. The number of carbonyl (C=O) groups excluding carboxylic acids is 1. The Balaban J connectivity index is 3.75. The van der Waals surface area contributed by atoms with Crippen molar-refractivity contribution < 1.29 is 18.0 Å². The molecule has 0 bridgehead atoms. The van der Waals surface area contributed by atoms with Gasteiger partial charge in [0.15, 0.2) is 0 Å². The van der Waals surface area contributed by atoms with E-state index in [1.807, 2.05) is 6.92 Å². The Morgan fingerprint density at radius 3 is 2.41 bits per heavy atom. The maximum absolute atomic E-state index is 11.8. The van der Waals surface area contributed by atoms with Gasteiger partial charge in [0, 0.05) is 6.42 Å². The summed E-state index contributed by atoms with van der Waals surface area (Å²) in [6, 6.07) is 0. The van der Waals surface area contributed by atoms with Gasteiger partial charge in [-0.1, -0.05) is 39.5 Å². The van der Waals surface area contributed by atoms with Crippen LogP contribution in [0.2, 0.25) is 0 Å². The fourth-order valence-corrected chi connectivity index (χ4v) is 1.68. The second kappa shape index (κ2) is 8.50. The van der Waals surface area contributed by atoms with Crippen molar-refractivity contribution in [3.63, 3.8) is 0 Å². The maximum atomic E-state index is 11.8. The first-order valence-corrected chi connectivity index (χ1v) is 6.18. The van der Waals surface area contributed by atoms with Gasteiger partial charge in [0.2, 0.25) is 0 Å². The standard InChI is InChI=1S/C12H22F3NO/c1-3-5-6-10(4-2)7-11(17)8-16-9-12(13,14)15/h10,16H,3-9H2,1-2H3. The van der Waals surface area contributed by atoms with Gasteiger partial charge in [-0.25, -0.2) is 0 Å². The van der Waals surface area contributed by atoms with Crippen LogP contribution in [-0.2, 0) is 4.79 Å². The van der Waals surface area contributed by atoms with Gasteiger partial charge in [-0.15, -0.1) is 0 Å². The monoisotopic (exact) mass is 253 g/mol. The van der Waals surface area contributed by atoms with Gasteiger partial charge in [0.1, 0.15) is 5.78 Å². The van der Waals surface area contributed by atoms with E-state index >= 15 is 0 Å². The fourth-order valence-electron chi connectivity index (χ4n) is 1.68. The van der Waals surface area contributed by atoms with E-state index in [0.717, 1.165) is 25.7 Å². The van der Waals surface area contributed by atoms with Crippen LogP contribution in [0.15, 0.2) is 0 Å². The highest BCUT2D eigenvalue weighted by atomic mass is 19.4. The molecule has 0 aromatic rings. The van der Waals surface area contributed by atoms with Gasteiger partial charge in [0.25, 0.3) is 0 Å². The molecule has 0 aliphatic heterocycles. The molecule has 0 aliphatic rings. The highest BCUT2D eigenvalue weighted by molar-refractivity contribution is 5.80. The minimum Gasteiger partial charge on any atom is -0.302 e. The molecule has 0 fully saturated rings. The Morgan fingerprint density at radius 2 is 1.94 bits per heavy atom. The van der Waals surface area contributed by atoms with Crippen molar-refractivity contribution in [2.24, 2.45) is 5.92 Å². The van der Waals surface area contributed by atoms with Crippen LogP contribution < -0.4 is 5.32 Å². The van der Waals surface area contributed by atoms with E-state index in [9.17, 15) is 18.0 Å². The average Bonchev–Trinajstić information content (AvgIpc) is 2.22. The SMILES string of the molecule is CCCCC(CC)CC(=O)CNCC(F)(F)F. The lowest BCUT2D eigenvalue weighted by atomic mass is 9.94. The van der Waals surface area contributed by atoms with Crippen molar-refractivity contribution in [2.75, 3.05) is 13.1 Å². The van der Waals surface area contributed by atoms with Crippen molar-refractivity contribution in [2.45, 2.75) is 52.1 Å². The summed E-state index contributed by atoms with van der Waals surface area (Å²) in [5.41, 5.74) is 0. The minimum absolute atomic E-state index is 0.128. The Bertz CT molecular complexity index is 216. The van der Waals surface area contributed by atoms with Gasteiger partial charge in [-0.3, -0.25) is 4.79 Å². The molecule has 1 unspecified atom stereocenters. The highest BCUT2D eigenvalue weighted by Crippen LogP contribution is 2.17. The first kappa shape index (κ1) is 16.4. The van der Waals surface area contributed by atoms with E-state index in [1.54, 1.807) is 0 Å². The van der Waals surface area contributed by atoms with Crippen LogP contribution in [0.5, 0.6) is 0 Å². The van der Waals surface area contributed by atoms with Crippen LogP contribution in [0.3, 0.4) is 0 Å². The predicted molar refractivity (Wildman–Crippen MR) is 61.9 cm³/mol. The zero-order chi connectivity index (χ0) is 13.3. The number of Topliss-reactive ketones (excluding diaryl/α,β-unsaturated/α-hetero) is 1. The molecule has 0 aromatic carbocycles. The number of alkyl halides is 3. The second-order valence-electron chi connectivity index (χ2n) is 4.38. The second-order valence-corrected chi connectivity index (χ2v) is 4.38. The molecule has 0 spiro atoms. The zero-order valence-electron chi connectivity index (χ0n) is 10.6. The molecular weight excluding hydrogens is 231 g/mol. The molecule has 5 heteroatoms. The van der Waals surface area contributed by atoms with Crippen molar-refractivity contribution in [1.82, 2.24) is 5.32 Å². The molecule has 0 saturated carbocycles. The summed E-state index contributed by atoms with van der Waals surface area (Å²) in [6.45, 7) is 2.82. The topological polar surface area (TPSA) is 29.1 Å². The van der Waals surface area contributed by atoms with Gasteiger partial charge in [-0.2, -0.15) is 13.2 Å². The van der Waals surface area contributed by atoms with Crippen LogP contribution in [0, 0.1) is 5.92 Å². The number of hydrogen-bond donors (Lipinski definition) is 1. The Hall–Kier alpha value is -0.580. The van der Waals surface area contributed by atoms with Gasteiger partial charge >= 0.3 is 6.18 Å². The lowest BCUT2D eigenvalue weighted by molar-refractivity contribution is -0.128. The van der Waals surface area contributed by atoms with E-state index in [4.69, 9.17) is 0 Å². The molecule has 0 saturated heterocycles. The van der Waals surface area contributed by atoms with Crippen molar-refractivity contribution in [3.05, 3.63) is 0 Å². The fraction of sp³-hybridized carbons (Fsp3) is 0.917. The Morgan fingerprint density at radius 1 is 1.29 bits per heavy atom. The van der Waals surface area contributed by atoms with Crippen molar-refractivity contribution >= 4 is 5.78 Å². The third-order valence-corrected chi connectivity index (χ3v) is 2.71. The summed E-state index contributed by atoms with van der Waals surface area (Å²) < 4.78 is 35.5. The minimum atomic E-state index is -4.24. The van der Waals surface area contributed by atoms with Crippen LogP contribution in [0.25, 0.3) is 0 Å². The molecule has 2 nitrogen and oxygen atoms in total. The lowest BCUT2D eigenvalue weighted by Gasteiger charge is -2.14. The van der Waals surface area contributed by atoms with Gasteiger partial charge in [0.05, 0.1) is 13.1 Å². The molecule has 0 radical (unpaired) electrons. The molecular formula is C12H22F3NO. The van der Waals surface area contributed by atoms with Crippen LogP contribution in [-0.4, -0.2) is 25.0 Å². The summed E-state index contributed by atoms with van der Waals surface area (Å²) >= 11 is 0. The normalized spacial score (nSPS) is 13.7. The van der Waals surface area contributed by atoms with Crippen molar-refractivity contribution in [3.8, 4) is 0 Å². The third-order valence-electron chi connectivity index (χ3n) is 2.71. The summed E-state index contributed by atoms with van der Waals surface area (Å²) in [6.07, 6.45) is 0.190. The first-order valence-electron chi connectivity index (χ1n) is 6.18. The average molecular weight is 253 g/mol. The molecule has 0 rings (SSSR count). The van der Waals surface area contributed by atoms with E-state index in [0.29, 0.717) is 12.3 Å². The van der Waals surface area contributed by atoms with E-state index in [-0.39, 0.29) is 12.3 Å². The van der Waals surface area contributed by atoms with E-state index < -0.39 is 12.7 Å². The summed E-state index contributed by atoms with van der Waals surface area (Å²) in [5, 5.41) is 2.14. The third kappa shape index (κ3) is 10.3. The quantitative estimate of drug-likeness (QED) is 0.683. The van der Waals surface area contributed by atoms with Gasteiger partial charge in [-0.05, 0) is 5.92 Å². The Labute approximate surface area is 101 Å². The van der Waals surface area contributed by atoms with Crippen molar-refractivity contribution in [1.29, 1.82) is 0 Å². The van der Waals surface area contributed by atoms with Gasteiger partial charge < -0.3 is 5.32 Å². The molecule has 102 valence electrons.